The van der Waals surface area contributed by atoms with E-state index >= 15 is 0 Å². The van der Waals surface area contributed by atoms with Crippen LogP contribution < -0.4 is 0 Å². The third kappa shape index (κ3) is 3.99. The zero-order chi connectivity index (χ0) is 21.1. The van der Waals surface area contributed by atoms with Gasteiger partial charge in [-0.3, -0.25) is 0 Å². The summed E-state index contributed by atoms with van der Waals surface area (Å²) < 4.78 is 4.76. The molecule has 0 aliphatic heterocycles. The fraction of sp³-hybridized carbons (Fsp3) is 0.179. The number of esters is 1. The Bertz CT molecular complexity index is 1120. The minimum Gasteiger partial charge on any atom is -0.465 e. The van der Waals surface area contributed by atoms with Gasteiger partial charge in [0.25, 0.3) is 0 Å². The second-order valence-electron chi connectivity index (χ2n) is 8.32. The second-order valence-corrected chi connectivity index (χ2v) is 8.32. The first-order valence-corrected chi connectivity index (χ1v) is 10.2. The molecule has 0 atom stereocenters. The molecule has 0 spiro atoms. The Morgan fingerprint density at radius 1 is 0.900 bits per heavy atom. The van der Waals surface area contributed by atoms with Crippen LogP contribution in [0, 0.1) is 0 Å². The summed E-state index contributed by atoms with van der Waals surface area (Å²) in [4.78, 5) is 11.6. The predicted molar refractivity (Wildman–Crippen MR) is 124 cm³/mol. The van der Waals surface area contributed by atoms with Crippen LogP contribution in [0.3, 0.4) is 0 Å². The van der Waals surface area contributed by atoms with Gasteiger partial charge in [0.15, 0.2) is 0 Å². The van der Waals surface area contributed by atoms with Gasteiger partial charge in [-0.1, -0.05) is 86.7 Å². The van der Waals surface area contributed by atoms with Crippen LogP contribution in [0.4, 0.5) is 0 Å². The minimum atomic E-state index is -0.317. The van der Waals surface area contributed by atoms with Crippen molar-refractivity contribution in [3.63, 3.8) is 0 Å². The summed E-state index contributed by atoms with van der Waals surface area (Å²) in [5.74, 6) is -0.317. The lowest BCUT2D eigenvalue weighted by molar-refractivity contribution is 0.0600. The molecule has 0 bridgehead atoms. The van der Waals surface area contributed by atoms with Gasteiger partial charge in [-0.05, 0) is 63.4 Å². The molecule has 2 heteroatoms. The lowest BCUT2D eigenvalue weighted by Gasteiger charge is -2.32. The van der Waals surface area contributed by atoms with Crippen molar-refractivity contribution in [1.82, 2.24) is 0 Å². The van der Waals surface area contributed by atoms with Crippen molar-refractivity contribution in [2.75, 3.05) is 7.11 Å². The fourth-order valence-corrected chi connectivity index (χ4v) is 3.99. The van der Waals surface area contributed by atoms with E-state index in [1.165, 1.54) is 29.4 Å². The SMILES string of the molecule is COC(=O)c1ccc(C=Cc2ccc3c(c2)C(c2ccccc2)=CCC3(C)C)cc1. The smallest absolute Gasteiger partial charge is 0.337 e. The van der Waals surface area contributed by atoms with Gasteiger partial charge in [0.1, 0.15) is 0 Å². The van der Waals surface area contributed by atoms with Crippen molar-refractivity contribution in [3.8, 4) is 0 Å². The van der Waals surface area contributed by atoms with Crippen LogP contribution >= 0.6 is 0 Å². The number of hydrogen-bond acceptors (Lipinski definition) is 2. The number of ether oxygens (including phenoxy) is 1. The zero-order valence-electron chi connectivity index (χ0n) is 17.7. The highest BCUT2D eigenvalue weighted by atomic mass is 16.5. The highest BCUT2D eigenvalue weighted by Crippen LogP contribution is 2.41. The predicted octanol–water partition coefficient (Wildman–Crippen LogP) is 6.76. The number of benzene rings is 3. The Hall–Kier alpha value is -3.39. The molecule has 0 N–H and O–H groups in total. The summed E-state index contributed by atoms with van der Waals surface area (Å²) in [6.07, 6.45) is 7.60. The van der Waals surface area contributed by atoms with Crippen LogP contribution in [-0.4, -0.2) is 13.1 Å². The molecule has 0 saturated heterocycles. The molecule has 0 amide bonds. The Kier molecular flexibility index (Phi) is 5.41. The average molecular weight is 395 g/mol. The third-order valence-electron chi connectivity index (χ3n) is 5.76. The van der Waals surface area contributed by atoms with Gasteiger partial charge in [0.2, 0.25) is 0 Å². The number of allylic oxidation sites excluding steroid dienone is 1. The van der Waals surface area contributed by atoms with E-state index in [0.29, 0.717) is 5.56 Å². The highest BCUT2D eigenvalue weighted by molar-refractivity contribution is 5.90. The summed E-state index contributed by atoms with van der Waals surface area (Å²) in [6, 6.07) is 24.8. The van der Waals surface area contributed by atoms with E-state index < -0.39 is 0 Å². The molecule has 30 heavy (non-hydrogen) atoms. The number of rotatable bonds is 4. The lowest BCUT2D eigenvalue weighted by atomic mass is 9.72. The third-order valence-corrected chi connectivity index (χ3v) is 5.76. The van der Waals surface area contributed by atoms with E-state index in [9.17, 15) is 4.79 Å². The van der Waals surface area contributed by atoms with Crippen LogP contribution in [0.25, 0.3) is 17.7 Å². The van der Waals surface area contributed by atoms with Gasteiger partial charge in [-0.15, -0.1) is 0 Å². The largest absolute Gasteiger partial charge is 0.465 e. The standard InChI is InChI=1S/C28H26O2/c1-28(2)18-17-24(22-7-5-4-6-8-22)25-19-21(13-16-26(25)28)10-9-20-11-14-23(15-12-20)27(29)30-3/h4-17,19H,18H2,1-3H3. The average Bonchev–Trinajstić information content (AvgIpc) is 2.78. The summed E-state index contributed by atoms with van der Waals surface area (Å²) in [5, 5.41) is 0. The van der Waals surface area contributed by atoms with E-state index in [-0.39, 0.29) is 11.4 Å². The van der Waals surface area contributed by atoms with Gasteiger partial charge in [0.05, 0.1) is 12.7 Å². The molecule has 3 aromatic rings. The highest BCUT2D eigenvalue weighted by Gasteiger charge is 2.28. The summed E-state index contributed by atoms with van der Waals surface area (Å²) in [7, 11) is 1.39. The number of fused-ring (bicyclic) bond motifs is 1. The van der Waals surface area contributed by atoms with Crippen molar-refractivity contribution in [1.29, 1.82) is 0 Å². The Morgan fingerprint density at radius 3 is 2.27 bits per heavy atom. The molecule has 0 unspecified atom stereocenters. The molecular weight excluding hydrogens is 368 g/mol. The van der Waals surface area contributed by atoms with Crippen LogP contribution in [0.15, 0.2) is 78.9 Å². The summed E-state index contributed by atoms with van der Waals surface area (Å²) in [5.41, 5.74) is 8.15. The van der Waals surface area contributed by atoms with Gasteiger partial charge in [-0.2, -0.15) is 0 Å². The number of carbonyl (C=O) groups excluding carboxylic acids is 1. The van der Waals surface area contributed by atoms with Crippen LogP contribution in [0.2, 0.25) is 0 Å². The van der Waals surface area contributed by atoms with E-state index in [1.54, 1.807) is 12.1 Å². The van der Waals surface area contributed by atoms with Crippen molar-refractivity contribution >= 4 is 23.7 Å². The molecule has 0 aromatic heterocycles. The molecule has 2 nitrogen and oxygen atoms in total. The molecular formula is C28H26O2. The molecule has 4 rings (SSSR count). The van der Waals surface area contributed by atoms with E-state index in [0.717, 1.165) is 17.5 Å². The quantitative estimate of drug-likeness (QED) is 0.361. The van der Waals surface area contributed by atoms with E-state index in [1.807, 2.05) is 12.1 Å². The monoisotopic (exact) mass is 394 g/mol. The molecule has 0 heterocycles. The lowest BCUT2D eigenvalue weighted by Crippen LogP contribution is -2.21. The second kappa shape index (κ2) is 8.16. The fourth-order valence-electron chi connectivity index (χ4n) is 3.99. The molecule has 1 aliphatic carbocycles. The summed E-state index contributed by atoms with van der Waals surface area (Å²) in [6.45, 7) is 4.62. The maximum absolute atomic E-state index is 11.6. The molecule has 0 fully saturated rings. The molecule has 0 radical (unpaired) electrons. The first-order chi connectivity index (χ1) is 14.5. The van der Waals surface area contributed by atoms with Crippen molar-refractivity contribution < 1.29 is 9.53 Å². The van der Waals surface area contributed by atoms with Crippen LogP contribution in [0.5, 0.6) is 0 Å². The minimum absolute atomic E-state index is 0.125. The normalized spacial score (nSPS) is 14.8. The number of methoxy groups -OCH3 is 1. The first kappa shape index (κ1) is 19.9. The molecule has 0 saturated carbocycles. The van der Waals surface area contributed by atoms with Crippen molar-refractivity contribution in [3.05, 3.63) is 112 Å². The van der Waals surface area contributed by atoms with E-state index in [2.05, 4.69) is 80.6 Å². The summed E-state index contributed by atoms with van der Waals surface area (Å²) >= 11 is 0. The van der Waals surface area contributed by atoms with Crippen LogP contribution in [0.1, 0.15) is 58.4 Å². The molecule has 150 valence electrons. The number of hydrogen-bond donors (Lipinski definition) is 0. The first-order valence-electron chi connectivity index (χ1n) is 10.2. The number of carbonyl (C=O) groups is 1. The molecule has 1 aliphatic rings. The van der Waals surface area contributed by atoms with Gasteiger partial charge in [-0.25, -0.2) is 4.79 Å². The topological polar surface area (TPSA) is 26.3 Å². The van der Waals surface area contributed by atoms with Crippen molar-refractivity contribution in [2.45, 2.75) is 25.7 Å². The zero-order valence-corrected chi connectivity index (χ0v) is 17.7. The van der Waals surface area contributed by atoms with Crippen LogP contribution in [-0.2, 0) is 10.2 Å². The maximum Gasteiger partial charge on any atom is 0.337 e. The Balaban J connectivity index is 1.66. The van der Waals surface area contributed by atoms with Crippen molar-refractivity contribution in [2.24, 2.45) is 0 Å². The Labute approximate surface area is 178 Å². The Morgan fingerprint density at radius 2 is 1.57 bits per heavy atom. The van der Waals surface area contributed by atoms with Gasteiger partial charge in [0, 0.05) is 0 Å². The van der Waals surface area contributed by atoms with Gasteiger partial charge >= 0.3 is 5.97 Å². The van der Waals surface area contributed by atoms with E-state index in [4.69, 9.17) is 4.74 Å². The van der Waals surface area contributed by atoms with Gasteiger partial charge < -0.3 is 4.74 Å². The maximum atomic E-state index is 11.6. The molecule has 3 aromatic carbocycles.